The van der Waals surface area contributed by atoms with Crippen LogP contribution in [0.25, 0.3) is 0 Å². The van der Waals surface area contributed by atoms with Crippen molar-refractivity contribution >= 4 is 21.1 Å². The van der Waals surface area contributed by atoms with E-state index in [-0.39, 0.29) is 0 Å². The fraction of sp³-hybridized carbons (Fsp3) is 0.833. The average molecular weight is 234 g/mol. The van der Waals surface area contributed by atoms with Crippen molar-refractivity contribution in [3.63, 3.8) is 0 Å². The van der Waals surface area contributed by atoms with Crippen molar-refractivity contribution in [3.8, 4) is 0 Å². The van der Waals surface area contributed by atoms with E-state index in [1.165, 1.54) is 32.1 Å². The second-order valence-electron chi connectivity index (χ2n) is 2.01. The zero-order chi connectivity index (χ0) is 6.95. The third-order valence-electron chi connectivity index (χ3n) is 1.32. The van der Waals surface area contributed by atoms with Crippen molar-refractivity contribution in [2.75, 3.05) is 0 Å². The summed E-state index contributed by atoms with van der Waals surface area (Å²) in [5.41, 5.74) is 0. The molecule has 1 radical (unpaired) electrons. The predicted molar refractivity (Wildman–Crippen MR) is 34.5 cm³/mol. The molecule has 0 aliphatic heterocycles. The van der Waals surface area contributed by atoms with Crippen molar-refractivity contribution in [1.82, 2.24) is 0 Å². The summed E-state index contributed by atoms with van der Waals surface area (Å²) in [5, 5.41) is 0. The molecule has 0 N–H and O–H groups in total. The SMILES string of the molecule is [CH]1CCCCC1.[O]=[Sn]=[O]. The van der Waals surface area contributed by atoms with E-state index in [0.29, 0.717) is 0 Å². The minimum atomic E-state index is -2.27. The van der Waals surface area contributed by atoms with E-state index in [2.05, 4.69) is 6.42 Å². The summed E-state index contributed by atoms with van der Waals surface area (Å²) in [5.74, 6) is 0. The van der Waals surface area contributed by atoms with Crippen LogP contribution >= 0.6 is 0 Å². The van der Waals surface area contributed by atoms with Gasteiger partial charge in [-0.2, -0.15) is 0 Å². The summed E-state index contributed by atoms with van der Waals surface area (Å²) in [4.78, 5) is 0. The molecule has 3 heteroatoms. The molecule has 1 fully saturated rings. The molecule has 1 aliphatic carbocycles. The molecule has 0 bridgehead atoms. The fourth-order valence-electron chi connectivity index (χ4n) is 0.898. The quantitative estimate of drug-likeness (QED) is 0.595. The van der Waals surface area contributed by atoms with Gasteiger partial charge in [-0.25, -0.2) is 0 Å². The van der Waals surface area contributed by atoms with E-state index in [9.17, 15) is 0 Å². The first-order valence-corrected chi connectivity index (χ1v) is 5.56. The molecule has 0 aromatic carbocycles. The molecule has 0 amide bonds. The van der Waals surface area contributed by atoms with Crippen LogP contribution in [-0.4, -0.2) is 21.1 Å². The van der Waals surface area contributed by atoms with E-state index in [1.807, 2.05) is 0 Å². The van der Waals surface area contributed by atoms with Crippen LogP contribution < -0.4 is 0 Å². The van der Waals surface area contributed by atoms with Crippen LogP contribution in [0.4, 0.5) is 0 Å². The molecule has 0 aromatic rings. The van der Waals surface area contributed by atoms with Gasteiger partial charge in [0.15, 0.2) is 0 Å². The molecule has 9 heavy (non-hydrogen) atoms. The first-order chi connectivity index (χ1) is 4.41. The fourth-order valence-corrected chi connectivity index (χ4v) is 0.898. The summed E-state index contributed by atoms with van der Waals surface area (Å²) >= 11 is -2.27. The maximum atomic E-state index is 8.54. The van der Waals surface area contributed by atoms with Crippen molar-refractivity contribution in [3.05, 3.63) is 6.42 Å². The Hall–Kier alpha value is 0.399. The van der Waals surface area contributed by atoms with Crippen molar-refractivity contribution in [2.24, 2.45) is 0 Å². The molecule has 0 atom stereocenters. The molecule has 0 unspecified atom stereocenters. The first kappa shape index (κ1) is 9.40. The van der Waals surface area contributed by atoms with Crippen molar-refractivity contribution in [1.29, 1.82) is 0 Å². The van der Waals surface area contributed by atoms with Gasteiger partial charge in [0.2, 0.25) is 0 Å². The molecule has 0 aromatic heterocycles. The van der Waals surface area contributed by atoms with Crippen LogP contribution in [0, 0.1) is 6.42 Å². The molecule has 1 aliphatic rings. The molecule has 0 heterocycles. The van der Waals surface area contributed by atoms with E-state index < -0.39 is 21.1 Å². The molecule has 2 nitrogen and oxygen atoms in total. The third kappa shape index (κ3) is 8.40. The van der Waals surface area contributed by atoms with Crippen LogP contribution in [0.2, 0.25) is 0 Å². The summed E-state index contributed by atoms with van der Waals surface area (Å²) in [6, 6.07) is 0. The molecule has 0 spiro atoms. The maximum absolute atomic E-state index is 8.54. The van der Waals surface area contributed by atoms with Gasteiger partial charge in [-0.15, -0.1) is 0 Å². The van der Waals surface area contributed by atoms with Crippen LogP contribution in [0.3, 0.4) is 0 Å². The van der Waals surface area contributed by atoms with Crippen LogP contribution in [0.15, 0.2) is 0 Å². The zero-order valence-corrected chi connectivity index (χ0v) is 8.28. The van der Waals surface area contributed by atoms with Crippen molar-refractivity contribution < 1.29 is 6.15 Å². The van der Waals surface area contributed by atoms with Gasteiger partial charge in [-0.1, -0.05) is 32.1 Å². The number of hydrogen-bond donors (Lipinski definition) is 0. The van der Waals surface area contributed by atoms with Gasteiger partial charge in [-0.3, -0.25) is 0 Å². The summed E-state index contributed by atoms with van der Waals surface area (Å²) < 4.78 is 17.1. The van der Waals surface area contributed by atoms with Gasteiger partial charge < -0.3 is 0 Å². The first-order valence-electron chi connectivity index (χ1n) is 3.22. The Morgan fingerprint density at radius 2 is 1.44 bits per heavy atom. The Morgan fingerprint density at radius 1 is 1.00 bits per heavy atom. The molecule has 51 valence electrons. The topological polar surface area (TPSA) is 34.1 Å². The van der Waals surface area contributed by atoms with Crippen molar-refractivity contribution in [2.45, 2.75) is 32.1 Å². The van der Waals surface area contributed by atoms with Gasteiger partial charge >= 0.3 is 27.3 Å². The summed E-state index contributed by atoms with van der Waals surface area (Å²) in [6.45, 7) is 0. The van der Waals surface area contributed by atoms with Gasteiger partial charge in [0.1, 0.15) is 0 Å². The Morgan fingerprint density at radius 3 is 1.56 bits per heavy atom. The van der Waals surface area contributed by atoms with Gasteiger partial charge in [-0.05, 0) is 6.42 Å². The standard InChI is InChI=1S/C6H11.2O.Sn/c1-2-4-6-5-3-1;;;/h1H,2-6H2;;;. The molecular formula is C6H11O2Sn. The van der Waals surface area contributed by atoms with Gasteiger partial charge in [0.25, 0.3) is 0 Å². The van der Waals surface area contributed by atoms with Crippen LogP contribution in [0.1, 0.15) is 32.1 Å². The van der Waals surface area contributed by atoms with Crippen LogP contribution in [-0.2, 0) is 6.15 Å². The molecular weight excluding hydrogens is 223 g/mol. The number of rotatable bonds is 0. The minimum absolute atomic E-state index is 1.38. The van der Waals surface area contributed by atoms with Gasteiger partial charge in [0, 0.05) is 0 Å². The Bertz CT molecular complexity index is 71.5. The normalized spacial score (nSPS) is 16.9. The van der Waals surface area contributed by atoms with E-state index in [1.54, 1.807) is 0 Å². The van der Waals surface area contributed by atoms with Gasteiger partial charge in [0.05, 0.1) is 0 Å². The summed E-state index contributed by atoms with van der Waals surface area (Å²) in [6.07, 6.45) is 9.50. The molecule has 1 rings (SSSR count). The average Bonchev–Trinajstić information content (AvgIpc) is 1.93. The molecule has 0 saturated heterocycles. The van der Waals surface area contributed by atoms with E-state index in [0.717, 1.165) is 0 Å². The second-order valence-corrected chi connectivity index (χ2v) is 2.49. The van der Waals surface area contributed by atoms with E-state index in [4.69, 9.17) is 6.15 Å². The zero-order valence-electron chi connectivity index (χ0n) is 5.43. The second kappa shape index (κ2) is 8.40. The Labute approximate surface area is 66.0 Å². The Kier molecular flexibility index (Phi) is 8.77. The number of hydrogen-bond acceptors (Lipinski definition) is 2. The molecule has 1 saturated carbocycles. The monoisotopic (exact) mass is 235 g/mol. The predicted octanol–water partition coefficient (Wildman–Crippen LogP) is 1.54. The Balaban J connectivity index is 0.000000187. The third-order valence-corrected chi connectivity index (χ3v) is 1.32. The van der Waals surface area contributed by atoms with E-state index >= 15 is 0 Å². The summed E-state index contributed by atoms with van der Waals surface area (Å²) in [7, 11) is 0. The van der Waals surface area contributed by atoms with Crippen LogP contribution in [0.5, 0.6) is 0 Å².